The summed E-state index contributed by atoms with van der Waals surface area (Å²) in [4.78, 5) is 10.9. The lowest BCUT2D eigenvalue weighted by Gasteiger charge is -2.01. The van der Waals surface area contributed by atoms with E-state index in [0.717, 1.165) is 5.75 Å². The summed E-state index contributed by atoms with van der Waals surface area (Å²) >= 11 is 3.14. The number of benzene rings is 1. The zero-order chi connectivity index (χ0) is 8.97. The van der Waals surface area contributed by atoms with Crippen molar-refractivity contribution in [3.05, 3.63) is 29.8 Å². The van der Waals surface area contributed by atoms with Crippen molar-refractivity contribution < 1.29 is 9.53 Å². The summed E-state index contributed by atoms with van der Waals surface area (Å²) in [5.41, 5.74) is 1.17. The normalized spacial score (nSPS) is 9.50. The summed E-state index contributed by atoms with van der Waals surface area (Å²) in [7, 11) is 0. The summed E-state index contributed by atoms with van der Waals surface area (Å²) in [6, 6.07) is 7.05. The number of carbonyl (C=O) groups excluding carboxylic acids is 1. The van der Waals surface area contributed by atoms with Gasteiger partial charge in [-0.1, -0.05) is 0 Å². The molecule has 0 atom stereocenters. The first-order chi connectivity index (χ1) is 5.74. The predicted octanol–water partition coefficient (Wildman–Crippen LogP) is 2.62. The Kier molecular flexibility index (Phi) is 3.29. The summed E-state index contributed by atoms with van der Waals surface area (Å²) in [5, 5.41) is 0. The van der Waals surface area contributed by atoms with Gasteiger partial charge in [0.05, 0.1) is 0 Å². The van der Waals surface area contributed by atoms with Crippen LogP contribution in [0.5, 0.6) is 5.75 Å². The van der Waals surface area contributed by atoms with Gasteiger partial charge in [0, 0.05) is 5.56 Å². The van der Waals surface area contributed by atoms with Gasteiger partial charge in [0.2, 0.25) is 0 Å². The minimum Gasteiger partial charge on any atom is -0.482 e. The van der Waals surface area contributed by atoms with Crippen molar-refractivity contribution >= 4 is 21.7 Å². The lowest BCUT2D eigenvalue weighted by atomic mass is 10.1. The van der Waals surface area contributed by atoms with Crippen LogP contribution in [0, 0.1) is 0 Å². The van der Waals surface area contributed by atoms with E-state index >= 15 is 0 Å². The minimum atomic E-state index is 0.0698. The number of Topliss-reactive ketones (excluding diaryl/α,β-unsaturated/α-hetero) is 1. The highest BCUT2D eigenvalue weighted by Crippen LogP contribution is 2.12. The maximum absolute atomic E-state index is 10.9. The standard InChI is InChI=1S/C9H9BrO2/c1-7(11)8-2-4-9(5-3-8)12-6-10/h2-5H,6H2,1H3. The molecule has 0 heterocycles. The Hall–Kier alpha value is -0.830. The number of hydrogen-bond acceptors (Lipinski definition) is 2. The zero-order valence-corrected chi connectivity index (χ0v) is 8.30. The number of alkyl halides is 1. The minimum absolute atomic E-state index is 0.0698. The molecule has 0 aliphatic carbocycles. The van der Waals surface area contributed by atoms with Crippen molar-refractivity contribution in [2.45, 2.75) is 6.92 Å². The predicted molar refractivity (Wildman–Crippen MR) is 50.9 cm³/mol. The molecular formula is C9H9BrO2. The van der Waals surface area contributed by atoms with Crippen LogP contribution >= 0.6 is 15.9 Å². The topological polar surface area (TPSA) is 26.3 Å². The molecule has 0 N–H and O–H groups in total. The van der Waals surface area contributed by atoms with Crippen LogP contribution in [-0.4, -0.2) is 11.3 Å². The Bertz CT molecular complexity index is 266. The average molecular weight is 229 g/mol. The Labute approximate surface area is 79.7 Å². The van der Waals surface area contributed by atoms with Gasteiger partial charge in [0.1, 0.15) is 11.3 Å². The van der Waals surface area contributed by atoms with E-state index < -0.39 is 0 Å². The highest BCUT2D eigenvalue weighted by Gasteiger charge is 1.98. The van der Waals surface area contributed by atoms with Crippen LogP contribution in [-0.2, 0) is 0 Å². The van der Waals surface area contributed by atoms with E-state index in [1.54, 1.807) is 31.2 Å². The molecule has 0 unspecified atom stereocenters. The van der Waals surface area contributed by atoms with Gasteiger partial charge in [0.25, 0.3) is 0 Å². The first-order valence-electron chi connectivity index (χ1n) is 3.54. The third kappa shape index (κ3) is 2.34. The molecule has 1 aromatic rings. The molecule has 1 aromatic carbocycles. The van der Waals surface area contributed by atoms with Gasteiger partial charge >= 0.3 is 0 Å². The number of halogens is 1. The average Bonchev–Trinajstić information content (AvgIpc) is 2.06. The highest BCUT2D eigenvalue weighted by atomic mass is 79.9. The fourth-order valence-corrected chi connectivity index (χ4v) is 1.11. The first kappa shape index (κ1) is 9.26. The fourth-order valence-electron chi connectivity index (χ4n) is 0.849. The highest BCUT2D eigenvalue weighted by molar-refractivity contribution is 9.09. The summed E-state index contributed by atoms with van der Waals surface area (Å²) in [5.74, 6) is 0.831. The number of rotatable bonds is 3. The van der Waals surface area contributed by atoms with E-state index in [4.69, 9.17) is 4.74 Å². The van der Waals surface area contributed by atoms with Crippen molar-refractivity contribution in [1.29, 1.82) is 0 Å². The SMILES string of the molecule is CC(=O)c1ccc(OCBr)cc1. The van der Waals surface area contributed by atoms with Gasteiger partial charge in [-0.2, -0.15) is 0 Å². The molecule has 0 aliphatic heterocycles. The fraction of sp³-hybridized carbons (Fsp3) is 0.222. The molecule has 0 radical (unpaired) electrons. The second-order valence-electron chi connectivity index (χ2n) is 2.33. The first-order valence-corrected chi connectivity index (χ1v) is 4.66. The molecule has 12 heavy (non-hydrogen) atoms. The van der Waals surface area contributed by atoms with Crippen LogP contribution in [0.1, 0.15) is 17.3 Å². The second kappa shape index (κ2) is 4.26. The van der Waals surface area contributed by atoms with Gasteiger partial charge < -0.3 is 4.74 Å². The second-order valence-corrected chi connectivity index (χ2v) is 2.79. The van der Waals surface area contributed by atoms with Crippen LogP contribution in [0.25, 0.3) is 0 Å². The summed E-state index contributed by atoms with van der Waals surface area (Å²) in [6.45, 7) is 1.54. The van der Waals surface area contributed by atoms with Gasteiger partial charge in [0.15, 0.2) is 5.78 Å². The van der Waals surface area contributed by atoms with E-state index in [1.165, 1.54) is 0 Å². The Morgan fingerprint density at radius 1 is 1.42 bits per heavy atom. The monoisotopic (exact) mass is 228 g/mol. The quantitative estimate of drug-likeness (QED) is 0.588. The van der Waals surface area contributed by atoms with E-state index in [2.05, 4.69) is 15.9 Å². The van der Waals surface area contributed by atoms with E-state index in [0.29, 0.717) is 11.1 Å². The van der Waals surface area contributed by atoms with E-state index in [1.807, 2.05) is 0 Å². The van der Waals surface area contributed by atoms with Crippen LogP contribution in [0.2, 0.25) is 0 Å². The smallest absolute Gasteiger partial charge is 0.159 e. The lowest BCUT2D eigenvalue weighted by molar-refractivity contribution is 0.101. The van der Waals surface area contributed by atoms with Gasteiger partial charge in [-0.05, 0) is 47.1 Å². The molecule has 1 rings (SSSR count). The van der Waals surface area contributed by atoms with Gasteiger partial charge in [-0.3, -0.25) is 4.79 Å². The Balaban J connectivity index is 2.78. The van der Waals surface area contributed by atoms with Gasteiger partial charge in [-0.25, -0.2) is 0 Å². The Morgan fingerprint density at radius 3 is 2.42 bits per heavy atom. The lowest BCUT2D eigenvalue weighted by Crippen LogP contribution is -1.92. The van der Waals surface area contributed by atoms with Crippen molar-refractivity contribution in [3.63, 3.8) is 0 Å². The number of ether oxygens (including phenoxy) is 1. The van der Waals surface area contributed by atoms with E-state index in [-0.39, 0.29) is 5.78 Å². The molecule has 0 saturated carbocycles. The van der Waals surface area contributed by atoms with E-state index in [9.17, 15) is 4.79 Å². The maximum atomic E-state index is 10.9. The number of ketones is 1. The number of carbonyl (C=O) groups is 1. The van der Waals surface area contributed by atoms with Crippen molar-refractivity contribution in [2.24, 2.45) is 0 Å². The van der Waals surface area contributed by atoms with Crippen LogP contribution in [0.15, 0.2) is 24.3 Å². The van der Waals surface area contributed by atoms with Crippen molar-refractivity contribution in [2.75, 3.05) is 5.52 Å². The molecular weight excluding hydrogens is 220 g/mol. The molecule has 0 amide bonds. The maximum Gasteiger partial charge on any atom is 0.159 e. The summed E-state index contributed by atoms with van der Waals surface area (Å²) in [6.07, 6.45) is 0. The largest absolute Gasteiger partial charge is 0.482 e. The molecule has 0 aromatic heterocycles. The van der Waals surface area contributed by atoms with Gasteiger partial charge in [-0.15, -0.1) is 0 Å². The van der Waals surface area contributed by atoms with Crippen LogP contribution < -0.4 is 4.74 Å². The van der Waals surface area contributed by atoms with Crippen molar-refractivity contribution in [1.82, 2.24) is 0 Å². The molecule has 0 saturated heterocycles. The number of hydrogen-bond donors (Lipinski definition) is 0. The molecule has 3 heteroatoms. The molecule has 0 bridgehead atoms. The Morgan fingerprint density at radius 2 is 2.00 bits per heavy atom. The molecule has 0 spiro atoms. The van der Waals surface area contributed by atoms with Crippen LogP contribution in [0.3, 0.4) is 0 Å². The molecule has 64 valence electrons. The molecule has 2 nitrogen and oxygen atoms in total. The third-order valence-corrected chi connectivity index (χ3v) is 1.71. The molecule has 0 fully saturated rings. The summed E-state index contributed by atoms with van der Waals surface area (Å²) < 4.78 is 5.15. The third-order valence-electron chi connectivity index (χ3n) is 1.48. The zero-order valence-electron chi connectivity index (χ0n) is 6.71. The van der Waals surface area contributed by atoms with Crippen LogP contribution in [0.4, 0.5) is 0 Å². The molecule has 0 aliphatic rings. The van der Waals surface area contributed by atoms with Crippen molar-refractivity contribution in [3.8, 4) is 5.75 Å².